The number of hydrogen-bond donors (Lipinski definition) is 1. The maximum Gasteiger partial charge on any atom is 0.252 e. The first-order valence-corrected chi connectivity index (χ1v) is 7.03. The molecule has 0 aliphatic carbocycles. The topological polar surface area (TPSA) is 72.6 Å². The molecule has 0 amide bonds. The van der Waals surface area contributed by atoms with E-state index in [1.807, 2.05) is 0 Å². The Kier molecular flexibility index (Phi) is 5.71. The van der Waals surface area contributed by atoms with Gasteiger partial charge in [-0.15, -0.1) is 0 Å². The highest BCUT2D eigenvalue weighted by Crippen LogP contribution is 2.20. The van der Waals surface area contributed by atoms with Gasteiger partial charge in [-0.2, -0.15) is 4.31 Å². The summed E-state index contributed by atoms with van der Waals surface area (Å²) in [5.41, 5.74) is 5.26. The molecule has 0 radical (unpaired) electrons. The standard InChI is InChI=1S/C9H18F2N2O3S/c10-9(11)7-13(4-3-12)17(14,15)8-1-5-16-6-2-8/h8-9H,1-7,12H2. The molecule has 1 rings (SSSR count). The van der Waals surface area contributed by atoms with Gasteiger partial charge < -0.3 is 10.5 Å². The molecule has 1 saturated heterocycles. The van der Waals surface area contributed by atoms with Crippen LogP contribution >= 0.6 is 0 Å². The van der Waals surface area contributed by atoms with Crippen LogP contribution in [-0.2, 0) is 14.8 Å². The maximum atomic E-state index is 12.3. The van der Waals surface area contributed by atoms with Gasteiger partial charge in [0.25, 0.3) is 6.43 Å². The first-order valence-electron chi connectivity index (χ1n) is 5.53. The van der Waals surface area contributed by atoms with E-state index >= 15 is 0 Å². The molecule has 0 aromatic heterocycles. The number of hydrogen-bond acceptors (Lipinski definition) is 4. The van der Waals surface area contributed by atoms with Crippen LogP contribution in [0.1, 0.15) is 12.8 Å². The number of rotatable bonds is 6. The molecular weight excluding hydrogens is 254 g/mol. The van der Waals surface area contributed by atoms with Crippen molar-refractivity contribution in [2.24, 2.45) is 5.73 Å². The van der Waals surface area contributed by atoms with Crippen LogP contribution in [0.15, 0.2) is 0 Å². The minimum atomic E-state index is -3.69. The Bertz CT molecular complexity index is 318. The molecule has 0 bridgehead atoms. The number of sulfonamides is 1. The second kappa shape index (κ2) is 6.58. The second-order valence-corrected chi connectivity index (χ2v) is 6.11. The molecule has 0 aromatic carbocycles. The van der Waals surface area contributed by atoms with E-state index in [0.29, 0.717) is 26.1 Å². The summed E-state index contributed by atoms with van der Waals surface area (Å²) < 4.78 is 54.7. The third kappa shape index (κ3) is 4.13. The van der Waals surface area contributed by atoms with Gasteiger partial charge in [0.05, 0.1) is 11.8 Å². The van der Waals surface area contributed by atoms with Crippen molar-refractivity contribution < 1.29 is 21.9 Å². The molecule has 1 aliphatic heterocycles. The molecule has 0 aromatic rings. The molecule has 8 heteroatoms. The average Bonchev–Trinajstić information content (AvgIpc) is 2.29. The Morgan fingerprint density at radius 2 is 1.94 bits per heavy atom. The molecule has 0 spiro atoms. The van der Waals surface area contributed by atoms with Crippen molar-refractivity contribution in [1.82, 2.24) is 4.31 Å². The molecule has 17 heavy (non-hydrogen) atoms. The summed E-state index contributed by atoms with van der Waals surface area (Å²) >= 11 is 0. The lowest BCUT2D eigenvalue weighted by Gasteiger charge is -2.29. The monoisotopic (exact) mass is 272 g/mol. The SMILES string of the molecule is NCCN(CC(F)F)S(=O)(=O)C1CCOCC1. The van der Waals surface area contributed by atoms with Crippen molar-refractivity contribution in [3.05, 3.63) is 0 Å². The average molecular weight is 272 g/mol. The van der Waals surface area contributed by atoms with Crippen molar-refractivity contribution in [1.29, 1.82) is 0 Å². The number of ether oxygens (including phenoxy) is 1. The van der Waals surface area contributed by atoms with Gasteiger partial charge in [-0.25, -0.2) is 17.2 Å². The quantitative estimate of drug-likeness (QED) is 0.740. The van der Waals surface area contributed by atoms with Crippen molar-refractivity contribution in [2.75, 3.05) is 32.8 Å². The molecule has 1 aliphatic rings. The summed E-state index contributed by atoms with van der Waals surface area (Å²) in [6, 6.07) is 0. The Balaban J connectivity index is 2.74. The number of nitrogens with two attached hydrogens (primary N) is 1. The van der Waals surface area contributed by atoms with Crippen LogP contribution in [0.4, 0.5) is 8.78 Å². The third-order valence-corrected chi connectivity index (χ3v) is 5.03. The summed E-state index contributed by atoms with van der Waals surface area (Å²) in [4.78, 5) is 0. The summed E-state index contributed by atoms with van der Waals surface area (Å²) in [5.74, 6) is 0. The molecule has 5 nitrogen and oxygen atoms in total. The molecular formula is C9H18F2N2O3S. The molecule has 0 atom stereocenters. The lowest BCUT2D eigenvalue weighted by Crippen LogP contribution is -2.45. The number of halogens is 2. The molecule has 2 N–H and O–H groups in total. The number of alkyl halides is 2. The Morgan fingerprint density at radius 3 is 2.41 bits per heavy atom. The smallest absolute Gasteiger partial charge is 0.252 e. The summed E-state index contributed by atoms with van der Waals surface area (Å²) in [6.45, 7) is -0.0971. The molecule has 1 fully saturated rings. The van der Waals surface area contributed by atoms with Crippen molar-refractivity contribution in [3.8, 4) is 0 Å². The van der Waals surface area contributed by atoms with Crippen molar-refractivity contribution in [2.45, 2.75) is 24.5 Å². The minimum absolute atomic E-state index is 0.0369. The minimum Gasteiger partial charge on any atom is -0.381 e. The first-order chi connectivity index (χ1) is 7.98. The van der Waals surface area contributed by atoms with Crippen LogP contribution in [-0.4, -0.2) is 57.2 Å². The molecule has 0 saturated carbocycles. The van der Waals surface area contributed by atoms with E-state index in [0.717, 1.165) is 4.31 Å². The van der Waals surface area contributed by atoms with Crippen LogP contribution in [0.3, 0.4) is 0 Å². The van der Waals surface area contributed by atoms with Crippen LogP contribution in [0, 0.1) is 0 Å². The van der Waals surface area contributed by atoms with Gasteiger partial charge in [-0.05, 0) is 12.8 Å². The van der Waals surface area contributed by atoms with Crippen LogP contribution < -0.4 is 5.73 Å². The highest BCUT2D eigenvalue weighted by molar-refractivity contribution is 7.89. The van der Waals surface area contributed by atoms with Gasteiger partial charge in [0.1, 0.15) is 0 Å². The van der Waals surface area contributed by atoms with E-state index in [1.165, 1.54) is 0 Å². The zero-order chi connectivity index (χ0) is 12.9. The van der Waals surface area contributed by atoms with Gasteiger partial charge in [0.15, 0.2) is 0 Å². The van der Waals surface area contributed by atoms with E-state index in [-0.39, 0.29) is 13.1 Å². The normalized spacial score (nSPS) is 19.1. The van der Waals surface area contributed by atoms with Crippen LogP contribution in [0.5, 0.6) is 0 Å². The van der Waals surface area contributed by atoms with E-state index in [2.05, 4.69) is 0 Å². The largest absolute Gasteiger partial charge is 0.381 e. The molecule has 1 heterocycles. The van der Waals surface area contributed by atoms with Crippen molar-refractivity contribution >= 4 is 10.0 Å². The van der Waals surface area contributed by atoms with Gasteiger partial charge in [0.2, 0.25) is 10.0 Å². The predicted octanol–water partition coefficient (Wildman–Crippen LogP) is 0.0210. The fraction of sp³-hybridized carbons (Fsp3) is 1.00. The zero-order valence-corrected chi connectivity index (χ0v) is 10.3. The summed E-state index contributed by atoms with van der Waals surface area (Å²) in [7, 11) is -3.69. The Morgan fingerprint density at radius 1 is 1.35 bits per heavy atom. The molecule has 102 valence electrons. The lowest BCUT2D eigenvalue weighted by atomic mass is 10.2. The Labute approximate surface area is 100.0 Å². The van der Waals surface area contributed by atoms with Crippen molar-refractivity contribution in [3.63, 3.8) is 0 Å². The maximum absolute atomic E-state index is 12.3. The number of nitrogens with zero attached hydrogens (tertiary/aromatic N) is 1. The van der Waals surface area contributed by atoms with Gasteiger partial charge >= 0.3 is 0 Å². The van der Waals surface area contributed by atoms with Crippen LogP contribution in [0.2, 0.25) is 0 Å². The third-order valence-electron chi connectivity index (χ3n) is 2.67. The predicted molar refractivity (Wildman–Crippen MR) is 59.4 cm³/mol. The van der Waals surface area contributed by atoms with Gasteiger partial charge in [-0.1, -0.05) is 0 Å². The highest BCUT2D eigenvalue weighted by Gasteiger charge is 2.34. The van der Waals surface area contributed by atoms with E-state index in [9.17, 15) is 17.2 Å². The first kappa shape index (κ1) is 14.7. The second-order valence-electron chi connectivity index (χ2n) is 3.89. The fourth-order valence-electron chi connectivity index (χ4n) is 1.80. The summed E-state index contributed by atoms with van der Waals surface area (Å²) in [6.07, 6.45) is -1.98. The lowest BCUT2D eigenvalue weighted by molar-refractivity contribution is 0.0945. The zero-order valence-electron chi connectivity index (χ0n) is 9.52. The fourth-order valence-corrected chi connectivity index (χ4v) is 3.70. The van der Waals surface area contributed by atoms with E-state index < -0.39 is 28.2 Å². The van der Waals surface area contributed by atoms with E-state index in [4.69, 9.17) is 10.5 Å². The summed E-state index contributed by atoms with van der Waals surface area (Å²) in [5, 5.41) is -0.624. The highest BCUT2D eigenvalue weighted by atomic mass is 32.2. The van der Waals surface area contributed by atoms with Gasteiger partial charge in [-0.3, -0.25) is 0 Å². The Hall–Kier alpha value is -0.310. The van der Waals surface area contributed by atoms with Gasteiger partial charge in [0, 0.05) is 26.3 Å². The van der Waals surface area contributed by atoms with Crippen LogP contribution in [0.25, 0.3) is 0 Å². The molecule has 0 unspecified atom stereocenters. The van der Waals surface area contributed by atoms with E-state index in [1.54, 1.807) is 0 Å².